The minimum atomic E-state index is -0.343. The molecule has 3 aromatic rings. The van der Waals surface area contributed by atoms with Crippen LogP contribution in [0.1, 0.15) is 24.4 Å². The van der Waals surface area contributed by atoms with E-state index in [0.29, 0.717) is 43.3 Å². The standard InChI is InChI=1S/C20H22FN5O2/c1-13(15-4-3-5-18-19(15)24-14(2)28-18)23-20(27)26-10-8-25(9-11-26)17-6-7-22-12-16(17)21/h3-7,12-13H,8-11H2,1-2H3,(H,23,27). The maximum atomic E-state index is 13.9. The van der Waals surface area contributed by atoms with Gasteiger partial charge in [-0.25, -0.2) is 14.2 Å². The molecule has 7 nitrogen and oxygen atoms in total. The van der Waals surface area contributed by atoms with Crippen molar-refractivity contribution in [3.8, 4) is 0 Å². The van der Waals surface area contributed by atoms with Crippen molar-refractivity contribution in [3.05, 3.63) is 53.9 Å². The molecule has 1 aromatic carbocycles. The maximum Gasteiger partial charge on any atom is 0.317 e. The lowest BCUT2D eigenvalue weighted by atomic mass is 10.1. The third-order valence-corrected chi connectivity index (χ3v) is 5.02. The number of nitrogens with zero attached hydrogens (tertiary/aromatic N) is 4. The van der Waals surface area contributed by atoms with Crippen LogP contribution in [0, 0.1) is 12.7 Å². The molecular formula is C20H22FN5O2. The molecule has 1 N–H and O–H groups in total. The lowest BCUT2D eigenvalue weighted by molar-refractivity contribution is 0.191. The van der Waals surface area contributed by atoms with Crippen LogP contribution in [0.25, 0.3) is 11.1 Å². The number of piperazine rings is 1. The van der Waals surface area contributed by atoms with Crippen molar-refractivity contribution < 1.29 is 13.6 Å². The number of halogens is 1. The van der Waals surface area contributed by atoms with E-state index in [9.17, 15) is 9.18 Å². The van der Waals surface area contributed by atoms with Crippen LogP contribution < -0.4 is 10.2 Å². The van der Waals surface area contributed by atoms with E-state index < -0.39 is 0 Å². The number of hydrogen-bond donors (Lipinski definition) is 1. The highest BCUT2D eigenvalue weighted by atomic mass is 19.1. The van der Waals surface area contributed by atoms with Gasteiger partial charge in [-0.05, 0) is 19.1 Å². The summed E-state index contributed by atoms with van der Waals surface area (Å²) in [4.78, 5) is 24.6. The lowest BCUT2D eigenvalue weighted by Crippen LogP contribution is -2.52. The summed E-state index contributed by atoms with van der Waals surface area (Å²) >= 11 is 0. The number of benzene rings is 1. The molecule has 146 valence electrons. The van der Waals surface area contributed by atoms with Crippen LogP contribution in [-0.4, -0.2) is 47.1 Å². The summed E-state index contributed by atoms with van der Waals surface area (Å²) in [6, 6.07) is 7.01. The van der Waals surface area contributed by atoms with Crippen LogP contribution in [0.5, 0.6) is 0 Å². The summed E-state index contributed by atoms with van der Waals surface area (Å²) in [5.74, 6) is 0.255. The molecule has 0 saturated carbocycles. The van der Waals surface area contributed by atoms with Crippen LogP contribution in [0.2, 0.25) is 0 Å². The number of pyridine rings is 1. The second kappa shape index (κ2) is 7.46. The number of carbonyl (C=O) groups is 1. The lowest BCUT2D eigenvalue weighted by Gasteiger charge is -2.36. The first-order valence-corrected chi connectivity index (χ1v) is 9.29. The van der Waals surface area contributed by atoms with Crippen molar-refractivity contribution in [1.29, 1.82) is 0 Å². The molecule has 2 aromatic heterocycles. The van der Waals surface area contributed by atoms with E-state index in [1.807, 2.05) is 30.0 Å². The molecule has 4 rings (SSSR count). The third kappa shape index (κ3) is 3.49. The number of rotatable bonds is 3. The summed E-state index contributed by atoms with van der Waals surface area (Å²) in [5.41, 5.74) is 2.92. The van der Waals surface area contributed by atoms with Gasteiger partial charge in [0, 0.05) is 44.9 Å². The largest absolute Gasteiger partial charge is 0.441 e. The van der Waals surface area contributed by atoms with Gasteiger partial charge in [-0.15, -0.1) is 0 Å². The highest BCUT2D eigenvalue weighted by molar-refractivity contribution is 5.79. The molecule has 1 unspecified atom stereocenters. The summed E-state index contributed by atoms with van der Waals surface area (Å²) in [5, 5.41) is 3.04. The Morgan fingerprint density at radius 2 is 2.04 bits per heavy atom. The SMILES string of the molecule is Cc1nc2c(C(C)NC(=O)N3CCN(c4ccncc4F)CC3)cccc2o1. The normalized spacial score (nSPS) is 15.7. The summed E-state index contributed by atoms with van der Waals surface area (Å²) in [6.45, 7) is 5.92. The number of anilines is 1. The molecule has 28 heavy (non-hydrogen) atoms. The van der Waals surface area contributed by atoms with Crippen molar-refractivity contribution >= 4 is 22.8 Å². The molecule has 1 atom stereocenters. The molecule has 1 fully saturated rings. The molecule has 0 bridgehead atoms. The zero-order valence-corrected chi connectivity index (χ0v) is 15.9. The van der Waals surface area contributed by atoms with E-state index in [4.69, 9.17) is 4.42 Å². The Morgan fingerprint density at radius 3 is 2.79 bits per heavy atom. The number of urea groups is 1. The van der Waals surface area contributed by atoms with Gasteiger partial charge in [0.05, 0.1) is 17.9 Å². The fraction of sp³-hybridized carbons (Fsp3) is 0.350. The number of para-hydroxylation sites is 1. The predicted octanol–water partition coefficient (Wildman–Crippen LogP) is 3.26. The van der Waals surface area contributed by atoms with Crippen molar-refractivity contribution in [2.24, 2.45) is 0 Å². The monoisotopic (exact) mass is 383 g/mol. The van der Waals surface area contributed by atoms with Gasteiger partial charge in [0.1, 0.15) is 5.52 Å². The number of amides is 2. The van der Waals surface area contributed by atoms with E-state index in [-0.39, 0.29) is 17.9 Å². The summed E-state index contributed by atoms with van der Waals surface area (Å²) < 4.78 is 19.5. The molecular weight excluding hydrogens is 361 g/mol. The average molecular weight is 383 g/mol. The zero-order valence-electron chi connectivity index (χ0n) is 15.9. The third-order valence-electron chi connectivity index (χ3n) is 5.02. The van der Waals surface area contributed by atoms with E-state index in [1.54, 1.807) is 24.1 Å². The van der Waals surface area contributed by atoms with Crippen LogP contribution >= 0.6 is 0 Å². The topological polar surface area (TPSA) is 74.5 Å². The number of oxazole rings is 1. The molecule has 1 aliphatic heterocycles. The minimum absolute atomic E-state index is 0.139. The second-order valence-corrected chi connectivity index (χ2v) is 6.90. The van der Waals surface area contributed by atoms with E-state index in [2.05, 4.69) is 15.3 Å². The van der Waals surface area contributed by atoms with Crippen LogP contribution in [0.4, 0.5) is 14.9 Å². The van der Waals surface area contributed by atoms with Gasteiger partial charge in [-0.2, -0.15) is 0 Å². The maximum absolute atomic E-state index is 13.9. The Balaban J connectivity index is 1.40. The molecule has 0 spiro atoms. The quantitative estimate of drug-likeness (QED) is 0.751. The van der Waals surface area contributed by atoms with Gasteiger partial charge in [-0.3, -0.25) is 4.98 Å². The number of fused-ring (bicyclic) bond motifs is 1. The molecule has 3 heterocycles. The Labute approximate surface area is 162 Å². The van der Waals surface area contributed by atoms with Crippen LogP contribution in [0.3, 0.4) is 0 Å². The fourth-order valence-electron chi connectivity index (χ4n) is 3.56. The van der Waals surface area contributed by atoms with Crippen molar-refractivity contribution in [2.75, 3.05) is 31.1 Å². The van der Waals surface area contributed by atoms with Gasteiger partial charge in [0.15, 0.2) is 17.3 Å². The Morgan fingerprint density at radius 1 is 1.25 bits per heavy atom. The predicted molar refractivity (Wildman–Crippen MR) is 104 cm³/mol. The zero-order chi connectivity index (χ0) is 19.7. The second-order valence-electron chi connectivity index (χ2n) is 6.90. The molecule has 8 heteroatoms. The smallest absolute Gasteiger partial charge is 0.317 e. The Hall–Kier alpha value is -3.16. The van der Waals surface area contributed by atoms with Gasteiger partial charge >= 0.3 is 6.03 Å². The fourth-order valence-corrected chi connectivity index (χ4v) is 3.56. The van der Waals surface area contributed by atoms with Gasteiger partial charge in [0.2, 0.25) is 0 Å². The average Bonchev–Trinajstić information content (AvgIpc) is 3.08. The highest BCUT2D eigenvalue weighted by Crippen LogP contribution is 2.25. The molecule has 2 amide bonds. The van der Waals surface area contributed by atoms with E-state index >= 15 is 0 Å². The number of carbonyl (C=O) groups excluding carboxylic acids is 1. The van der Waals surface area contributed by atoms with E-state index in [1.165, 1.54) is 6.20 Å². The molecule has 1 saturated heterocycles. The summed E-state index contributed by atoms with van der Waals surface area (Å²) in [7, 11) is 0. The number of nitrogens with one attached hydrogen (secondary N) is 1. The van der Waals surface area contributed by atoms with Gasteiger partial charge < -0.3 is 19.5 Å². The Bertz CT molecular complexity index is 997. The van der Waals surface area contributed by atoms with Crippen molar-refractivity contribution in [2.45, 2.75) is 19.9 Å². The van der Waals surface area contributed by atoms with Crippen LogP contribution in [-0.2, 0) is 0 Å². The first-order valence-electron chi connectivity index (χ1n) is 9.29. The van der Waals surface area contributed by atoms with E-state index in [0.717, 1.165) is 11.1 Å². The number of aryl methyl sites for hydroxylation is 1. The molecule has 0 aliphatic carbocycles. The first kappa shape index (κ1) is 18.2. The number of aromatic nitrogens is 2. The highest BCUT2D eigenvalue weighted by Gasteiger charge is 2.24. The van der Waals surface area contributed by atoms with Crippen molar-refractivity contribution in [3.63, 3.8) is 0 Å². The summed E-state index contributed by atoms with van der Waals surface area (Å²) in [6.07, 6.45) is 2.79. The first-order chi connectivity index (χ1) is 13.5. The number of hydrogen-bond acceptors (Lipinski definition) is 5. The minimum Gasteiger partial charge on any atom is -0.441 e. The van der Waals surface area contributed by atoms with Gasteiger partial charge in [-0.1, -0.05) is 12.1 Å². The van der Waals surface area contributed by atoms with Gasteiger partial charge in [0.25, 0.3) is 0 Å². The van der Waals surface area contributed by atoms with Crippen LogP contribution in [0.15, 0.2) is 41.1 Å². The molecule has 1 aliphatic rings. The molecule has 0 radical (unpaired) electrons. The van der Waals surface area contributed by atoms with Crippen molar-refractivity contribution in [1.82, 2.24) is 20.2 Å². The Kier molecular flexibility index (Phi) is 4.85.